The molecule has 152 valence electrons. The third-order valence-electron chi connectivity index (χ3n) is 5.76. The van der Waals surface area contributed by atoms with Crippen LogP contribution in [0.1, 0.15) is 25.1 Å². The fraction of sp³-hybridized carbons (Fsp3) is 0.391. The Bertz CT molecular complexity index is 924. The predicted octanol–water partition coefficient (Wildman–Crippen LogP) is 3.04. The summed E-state index contributed by atoms with van der Waals surface area (Å²) in [4.78, 5) is 22.0. The molecule has 1 aromatic carbocycles. The van der Waals surface area contributed by atoms with Gasteiger partial charge in [0.2, 0.25) is 5.91 Å². The Balaban J connectivity index is 1.28. The van der Waals surface area contributed by atoms with Gasteiger partial charge < -0.3 is 9.72 Å². The first kappa shape index (κ1) is 19.6. The molecule has 3 aromatic rings. The average Bonchev–Trinajstić information content (AvgIpc) is 3.16. The monoisotopic (exact) mass is 391 g/mol. The molecule has 3 heterocycles. The number of carbonyl (C=O) groups is 1. The van der Waals surface area contributed by atoms with E-state index in [4.69, 9.17) is 4.98 Å². The van der Waals surface area contributed by atoms with Gasteiger partial charge in [0, 0.05) is 50.8 Å². The highest BCUT2D eigenvalue weighted by Crippen LogP contribution is 2.14. The molecule has 0 saturated carbocycles. The van der Waals surface area contributed by atoms with Crippen LogP contribution in [-0.4, -0.2) is 57.3 Å². The molecular formula is C23H29N5O. The first-order chi connectivity index (χ1) is 14.1. The summed E-state index contributed by atoms with van der Waals surface area (Å²) in [5.41, 5.74) is 4.21. The van der Waals surface area contributed by atoms with E-state index in [0.29, 0.717) is 0 Å². The lowest BCUT2D eigenvalue weighted by molar-refractivity contribution is -0.121. The summed E-state index contributed by atoms with van der Waals surface area (Å²) in [7, 11) is 0. The summed E-state index contributed by atoms with van der Waals surface area (Å²) >= 11 is 0. The molecule has 1 amide bonds. The van der Waals surface area contributed by atoms with E-state index in [1.54, 1.807) is 0 Å². The van der Waals surface area contributed by atoms with E-state index in [9.17, 15) is 4.79 Å². The molecule has 0 radical (unpaired) electrons. The largest absolute Gasteiger partial charge is 0.325 e. The number of benzene rings is 1. The molecular weight excluding hydrogens is 362 g/mol. The number of pyridine rings is 1. The molecule has 0 unspecified atom stereocenters. The number of imidazole rings is 1. The van der Waals surface area contributed by atoms with E-state index in [1.165, 1.54) is 5.56 Å². The van der Waals surface area contributed by atoms with Crippen LogP contribution in [0, 0.1) is 0 Å². The highest BCUT2D eigenvalue weighted by atomic mass is 16.2. The van der Waals surface area contributed by atoms with E-state index >= 15 is 0 Å². The van der Waals surface area contributed by atoms with Crippen LogP contribution < -0.4 is 5.32 Å². The molecule has 0 spiro atoms. The van der Waals surface area contributed by atoms with E-state index < -0.39 is 0 Å². The normalized spacial score (nSPS) is 16.8. The van der Waals surface area contributed by atoms with Crippen molar-refractivity contribution in [3.05, 3.63) is 66.1 Å². The number of hydrogen-bond acceptors (Lipinski definition) is 4. The van der Waals surface area contributed by atoms with Gasteiger partial charge in [0.25, 0.3) is 0 Å². The number of amides is 1. The van der Waals surface area contributed by atoms with Crippen LogP contribution in [0.3, 0.4) is 0 Å². The highest BCUT2D eigenvalue weighted by molar-refractivity contribution is 5.94. The van der Waals surface area contributed by atoms with Gasteiger partial charge in [-0.2, -0.15) is 0 Å². The molecule has 1 aliphatic rings. The van der Waals surface area contributed by atoms with E-state index in [2.05, 4.69) is 44.8 Å². The Morgan fingerprint density at radius 3 is 2.55 bits per heavy atom. The number of aromatic nitrogens is 2. The summed E-state index contributed by atoms with van der Waals surface area (Å²) in [6, 6.07) is 14.0. The van der Waals surface area contributed by atoms with Crippen molar-refractivity contribution < 1.29 is 4.79 Å². The number of hydrogen-bond donors (Lipinski definition) is 1. The topological polar surface area (TPSA) is 52.9 Å². The zero-order valence-electron chi connectivity index (χ0n) is 17.2. The van der Waals surface area contributed by atoms with Crippen molar-refractivity contribution in [1.82, 2.24) is 19.2 Å². The minimum Gasteiger partial charge on any atom is -0.325 e. The van der Waals surface area contributed by atoms with Crippen LogP contribution in [-0.2, 0) is 17.8 Å². The Hall–Kier alpha value is -2.70. The Kier molecular flexibility index (Phi) is 5.92. The van der Waals surface area contributed by atoms with E-state index in [0.717, 1.165) is 56.2 Å². The number of anilines is 1. The number of nitrogens with one attached hydrogen (secondary N) is 1. The first-order valence-electron chi connectivity index (χ1n) is 10.4. The molecule has 1 saturated heterocycles. The lowest BCUT2D eigenvalue weighted by Crippen LogP contribution is -2.52. The van der Waals surface area contributed by atoms with E-state index in [-0.39, 0.29) is 11.9 Å². The van der Waals surface area contributed by atoms with Crippen molar-refractivity contribution in [2.24, 2.45) is 0 Å². The third kappa shape index (κ3) is 4.66. The van der Waals surface area contributed by atoms with Gasteiger partial charge in [0.15, 0.2) is 0 Å². The van der Waals surface area contributed by atoms with Crippen LogP contribution >= 0.6 is 0 Å². The molecule has 29 heavy (non-hydrogen) atoms. The molecule has 6 heteroatoms. The van der Waals surface area contributed by atoms with Gasteiger partial charge >= 0.3 is 0 Å². The minimum absolute atomic E-state index is 0.0584. The molecule has 1 fully saturated rings. The van der Waals surface area contributed by atoms with Gasteiger partial charge in [-0.25, -0.2) is 4.98 Å². The highest BCUT2D eigenvalue weighted by Gasteiger charge is 2.26. The van der Waals surface area contributed by atoms with Crippen molar-refractivity contribution in [3.63, 3.8) is 0 Å². The minimum atomic E-state index is -0.141. The summed E-state index contributed by atoms with van der Waals surface area (Å²) in [5, 5.41) is 3.05. The molecule has 0 bridgehead atoms. The zero-order valence-corrected chi connectivity index (χ0v) is 17.2. The number of aryl methyl sites for hydroxylation is 1. The molecule has 1 aliphatic heterocycles. The number of rotatable bonds is 6. The second-order valence-corrected chi connectivity index (χ2v) is 7.73. The second-order valence-electron chi connectivity index (χ2n) is 7.73. The van der Waals surface area contributed by atoms with Crippen molar-refractivity contribution >= 4 is 17.2 Å². The van der Waals surface area contributed by atoms with Crippen LogP contribution in [0.25, 0.3) is 5.65 Å². The van der Waals surface area contributed by atoms with Gasteiger partial charge in [-0.15, -0.1) is 0 Å². The zero-order chi connectivity index (χ0) is 20.2. The summed E-state index contributed by atoms with van der Waals surface area (Å²) in [5.74, 6) is 0.0584. The quantitative estimate of drug-likeness (QED) is 0.702. The summed E-state index contributed by atoms with van der Waals surface area (Å²) < 4.78 is 2.06. The van der Waals surface area contributed by atoms with Gasteiger partial charge in [0.1, 0.15) is 5.65 Å². The Morgan fingerprint density at radius 2 is 1.86 bits per heavy atom. The maximum Gasteiger partial charge on any atom is 0.241 e. The smallest absolute Gasteiger partial charge is 0.241 e. The summed E-state index contributed by atoms with van der Waals surface area (Å²) in [6.07, 6.45) is 5.13. The SMILES string of the molecule is CCc1ccc(NC(=O)[C@H](C)N2CCN(Cc3cn4ccccc4n3)CC2)cc1. The second kappa shape index (κ2) is 8.76. The van der Waals surface area contributed by atoms with Crippen LogP contribution in [0.5, 0.6) is 0 Å². The lowest BCUT2D eigenvalue weighted by atomic mass is 10.1. The number of nitrogens with zero attached hydrogens (tertiary/aromatic N) is 4. The van der Waals surface area contributed by atoms with Crippen molar-refractivity contribution in [2.75, 3.05) is 31.5 Å². The molecule has 0 aliphatic carbocycles. The number of carbonyl (C=O) groups excluding carboxylic acids is 1. The predicted molar refractivity (Wildman–Crippen MR) is 116 cm³/mol. The van der Waals surface area contributed by atoms with Crippen LogP contribution in [0.15, 0.2) is 54.9 Å². The molecule has 1 N–H and O–H groups in total. The van der Waals surface area contributed by atoms with Gasteiger partial charge in [-0.05, 0) is 43.2 Å². The van der Waals surface area contributed by atoms with Crippen molar-refractivity contribution in [1.29, 1.82) is 0 Å². The average molecular weight is 392 g/mol. The molecule has 6 nitrogen and oxygen atoms in total. The fourth-order valence-corrected chi connectivity index (χ4v) is 3.84. The number of piperazine rings is 1. The van der Waals surface area contributed by atoms with E-state index in [1.807, 2.05) is 43.5 Å². The van der Waals surface area contributed by atoms with Crippen molar-refractivity contribution in [2.45, 2.75) is 32.9 Å². The van der Waals surface area contributed by atoms with Gasteiger partial charge in [0.05, 0.1) is 11.7 Å². The maximum absolute atomic E-state index is 12.7. The number of fused-ring (bicyclic) bond motifs is 1. The standard InChI is InChI=1S/C23H29N5O/c1-3-19-7-9-20(10-8-19)25-23(29)18(2)27-14-12-26(13-15-27)16-21-17-28-11-5-4-6-22(28)24-21/h4-11,17-18H,3,12-16H2,1-2H3,(H,25,29)/t18-/m0/s1. The molecule has 2 aromatic heterocycles. The molecule has 1 atom stereocenters. The molecule has 4 rings (SSSR count). The lowest BCUT2D eigenvalue weighted by Gasteiger charge is -2.37. The first-order valence-corrected chi connectivity index (χ1v) is 10.4. The van der Waals surface area contributed by atoms with Gasteiger partial charge in [-0.1, -0.05) is 25.1 Å². The fourth-order valence-electron chi connectivity index (χ4n) is 3.84. The summed E-state index contributed by atoms with van der Waals surface area (Å²) in [6.45, 7) is 8.62. The third-order valence-corrected chi connectivity index (χ3v) is 5.76. The van der Waals surface area contributed by atoms with Crippen LogP contribution in [0.2, 0.25) is 0 Å². The van der Waals surface area contributed by atoms with Crippen molar-refractivity contribution in [3.8, 4) is 0 Å². The Labute approximate surface area is 172 Å². The maximum atomic E-state index is 12.7. The van der Waals surface area contributed by atoms with Gasteiger partial charge in [-0.3, -0.25) is 14.6 Å². The Morgan fingerprint density at radius 1 is 1.10 bits per heavy atom. The van der Waals surface area contributed by atoms with Crippen LogP contribution in [0.4, 0.5) is 5.69 Å².